The van der Waals surface area contributed by atoms with Crippen molar-refractivity contribution in [2.45, 2.75) is 32.0 Å². The number of carbonyl (C=O) groups excluding carboxylic acids is 1. The molecule has 3 N–H and O–H groups in total. The van der Waals surface area contributed by atoms with E-state index >= 15 is 0 Å². The van der Waals surface area contributed by atoms with Crippen LogP contribution in [0, 0.1) is 5.92 Å². The highest BCUT2D eigenvalue weighted by Crippen LogP contribution is 2.26. The van der Waals surface area contributed by atoms with E-state index in [9.17, 15) is 18.0 Å². The summed E-state index contributed by atoms with van der Waals surface area (Å²) in [6, 6.07) is 15.2. The number of amides is 1. The minimum atomic E-state index is -4.24. The molecule has 2 atom stereocenters. The lowest BCUT2D eigenvalue weighted by atomic mass is 9.94. The molecule has 0 heterocycles. The van der Waals surface area contributed by atoms with Crippen LogP contribution in [-0.4, -0.2) is 12.1 Å². The maximum absolute atomic E-state index is 12.5. The molecule has 6 heteroatoms. The van der Waals surface area contributed by atoms with Gasteiger partial charge in [0, 0.05) is 18.2 Å². The summed E-state index contributed by atoms with van der Waals surface area (Å²) in [5.74, 6) is -0.853. The van der Waals surface area contributed by atoms with Crippen molar-refractivity contribution in [2.24, 2.45) is 11.7 Å². The first kappa shape index (κ1) is 19.0. The molecule has 1 amide bonds. The number of para-hydroxylation sites is 1. The molecule has 0 aliphatic carbocycles. The third-order valence-corrected chi connectivity index (χ3v) is 4.09. The van der Waals surface area contributed by atoms with Gasteiger partial charge in [-0.15, -0.1) is 0 Å². The van der Waals surface area contributed by atoms with Crippen LogP contribution < -0.4 is 11.1 Å². The first-order valence-corrected chi connectivity index (χ1v) is 8.04. The molecular formula is C19H21F3N2O. The van der Waals surface area contributed by atoms with Gasteiger partial charge in [0.25, 0.3) is 0 Å². The van der Waals surface area contributed by atoms with E-state index < -0.39 is 24.6 Å². The molecule has 0 spiro atoms. The first-order valence-electron chi connectivity index (χ1n) is 8.04. The molecule has 3 nitrogen and oxygen atoms in total. The van der Waals surface area contributed by atoms with Crippen LogP contribution in [0.15, 0.2) is 54.6 Å². The molecule has 2 unspecified atom stereocenters. The van der Waals surface area contributed by atoms with Gasteiger partial charge in [-0.3, -0.25) is 4.79 Å². The number of hydrogen-bond acceptors (Lipinski definition) is 2. The van der Waals surface area contributed by atoms with E-state index in [1.165, 1.54) is 0 Å². The topological polar surface area (TPSA) is 55.1 Å². The quantitative estimate of drug-likeness (QED) is 0.808. The minimum absolute atomic E-state index is 0.181. The van der Waals surface area contributed by atoms with Gasteiger partial charge < -0.3 is 11.1 Å². The van der Waals surface area contributed by atoms with E-state index in [0.717, 1.165) is 5.56 Å². The van der Waals surface area contributed by atoms with Gasteiger partial charge in [-0.25, -0.2) is 0 Å². The Bertz CT molecular complexity index is 701. The number of rotatable bonds is 6. The number of benzene rings is 2. The summed E-state index contributed by atoms with van der Waals surface area (Å²) < 4.78 is 37.4. The smallest absolute Gasteiger partial charge is 0.326 e. The summed E-state index contributed by atoms with van der Waals surface area (Å²) in [4.78, 5) is 12.5. The number of alkyl halides is 3. The molecule has 0 radical (unpaired) electrons. The Balaban J connectivity index is 2.07. The second kappa shape index (κ2) is 8.16. The van der Waals surface area contributed by atoms with E-state index in [0.29, 0.717) is 11.3 Å². The fourth-order valence-electron chi connectivity index (χ4n) is 2.51. The Labute approximate surface area is 145 Å². The lowest BCUT2D eigenvalue weighted by Gasteiger charge is -2.21. The van der Waals surface area contributed by atoms with Crippen LogP contribution in [0.25, 0.3) is 0 Å². The molecule has 0 fully saturated rings. The summed E-state index contributed by atoms with van der Waals surface area (Å²) in [7, 11) is 0. The van der Waals surface area contributed by atoms with Crippen LogP contribution in [0.3, 0.4) is 0 Å². The van der Waals surface area contributed by atoms with Crippen molar-refractivity contribution in [1.29, 1.82) is 0 Å². The summed E-state index contributed by atoms with van der Waals surface area (Å²) in [6.45, 7) is 1.70. The van der Waals surface area contributed by atoms with Crippen LogP contribution in [-0.2, 0) is 11.2 Å². The summed E-state index contributed by atoms with van der Waals surface area (Å²) >= 11 is 0. The number of nitrogens with two attached hydrogens (primary N) is 1. The first-order chi connectivity index (χ1) is 11.8. The van der Waals surface area contributed by atoms with E-state index in [1.54, 1.807) is 31.2 Å². The fourth-order valence-corrected chi connectivity index (χ4v) is 2.51. The highest BCUT2D eigenvalue weighted by molar-refractivity contribution is 5.93. The highest BCUT2D eigenvalue weighted by atomic mass is 19.4. The second-order valence-corrected chi connectivity index (χ2v) is 5.99. The van der Waals surface area contributed by atoms with Crippen molar-refractivity contribution in [3.05, 3.63) is 65.7 Å². The van der Waals surface area contributed by atoms with E-state index in [1.807, 2.05) is 30.3 Å². The van der Waals surface area contributed by atoms with Gasteiger partial charge in [0.05, 0.1) is 5.92 Å². The zero-order valence-electron chi connectivity index (χ0n) is 13.9. The van der Waals surface area contributed by atoms with Crippen molar-refractivity contribution in [3.63, 3.8) is 0 Å². The molecule has 134 valence electrons. The number of hydrogen-bond donors (Lipinski definition) is 2. The predicted octanol–water partition coefficient (Wildman–Crippen LogP) is 4.46. The molecule has 25 heavy (non-hydrogen) atoms. The van der Waals surface area contributed by atoms with E-state index in [-0.39, 0.29) is 12.3 Å². The maximum Gasteiger partial charge on any atom is 0.389 e. The van der Waals surface area contributed by atoms with Gasteiger partial charge in [0.15, 0.2) is 0 Å². The van der Waals surface area contributed by atoms with Crippen molar-refractivity contribution in [1.82, 2.24) is 0 Å². The molecule has 2 aromatic rings. The van der Waals surface area contributed by atoms with E-state index in [2.05, 4.69) is 5.32 Å². The van der Waals surface area contributed by atoms with Crippen LogP contribution >= 0.6 is 0 Å². The standard InChI is InChI=1S/C19H21F3N2O/c1-13(17(23)15-8-3-2-4-9-15)18(25)24-16-10-6-5-7-14(16)11-12-19(20,21)22/h2-10,13,17H,11-12,23H2,1H3,(H,24,25). The number of carbonyl (C=O) groups is 1. The number of aryl methyl sites for hydroxylation is 1. The molecule has 0 saturated carbocycles. The van der Waals surface area contributed by atoms with Gasteiger partial charge in [0.2, 0.25) is 5.91 Å². The maximum atomic E-state index is 12.5. The summed E-state index contributed by atoms with van der Waals surface area (Å²) in [5.41, 5.74) is 7.81. The fraction of sp³-hybridized carbons (Fsp3) is 0.316. The molecule has 2 rings (SSSR count). The summed E-state index contributed by atoms with van der Waals surface area (Å²) in [6.07, 6.45) is -5.35. The SMILES string of the molecule is CC(C(=O)Nc1ccccc1CCC(F)(F)F)C(N)c1ccccc1. The third-order valence-electron chi connectivity index (χ3n) is 4.09. The van der Waals surface area contributed by atoms with Crippen molar-refractivity contribution in [2.75, 3.05) is 5.32 Å². The lowest BCUT2D eigenvalue weighted by molar-refractivity contribution is -0.133. The Morgan fingerprint density at radius 1 is 1.08 bits per heavy atom. The predicted molar refractivity (Wildman–Crippen MR) is 92.0 cm³/mol. The second-order valence-electron chi connectivity index (χ2n) is 5.99. The van der Waals surface area contributed by atoms with Crippen LogP contribution in [0.4, 0.5) is 18.9 Å². The number of nitrogens with one attached hydrogen (secondary N) is 1. The van der Waals surface area contributed by atoms with Gasteiger partial charge in [-0.1, -0.05) is 55.5 Å². The third kappa shape index (κ3) is 5.60. The minimum Gasteiger partial charge on any atom is -0.326 e. The Morgan fingerprint density at radius 3 is 2.32 bits per heavy atom. The molecule has 0 bridgehead atoms. The van der Waals surface area contributed by atoms with Gasteiger partial charge in [0.1, 0.15) is 0 Å². The average Bonchev–Trinajstić information content (AvgIpc) is 2.59. The molecular weight excluding hydrogens is 329 g/mol. The largest absolute Gasteiger partial charge is 0.389 e. The molecule has 0 aromatic heterocycles. The van der Waals surface area contributed by atoms with Crippen LogP contribution in [0.1, 0.15) is 30.5 Å². The monoisotopic (exact) mass is 350 g/mol. The van der Waals surface area contributed by atoms with Crippen LogP contribution in [0.2, 0.25) is 0 Å². The number of halogens is 3. The van der Waals surface area contributed by atoms with E-state index in [4.69, 9.17) is 5.73 Å². The van der Waals surface area contributed by atoms with Crippen molar-refractivity contribution in [3.8, 4) is 0 Å². The molecule has 0 aliphatic rings. The summed E-state index contributed by atoms with van der Waals surface area (Å²) in [5, 5.41) is 2.71. The number of anilines is 1. The zero-order valence-corrected chi connectivity index (χ0v) is 13.9. The molecule has 2 aromatic carbocycles. The van der Waals surface area contributed by atoms with Crippen LogP contribution in [0.5, 0.6) is 0 Å². The zero-order chi connectivity index (χ0) is 18.4. The lowest BCUT2D eigenvalue weighted by Crippen LogP contribution is -2.30. The Kier molecular flexibility index (Phi) is 6.20. The van der Waals surface area contributed by atoms with Gasteiger partial charge in [-0.05, 0) is 23.6 Å². The molecule has 0 aliphatic heterocycles. The highest BCUT2D eigenvalue weighted by Gasteiger charge is 2.27. The Hall–Kier alpha value is -2.34. The van der Waals surface area contributed by atoms with Gasteiger partial charge >= 0.3 is 6.18 Å². The normalized spacial score (nSPS) is 14.0. The Morgan fingerprint density at radius 2 is 1.68 bits per heavy atom. The molecule has 0 saturated heterocycles. The van der Waals surface area contributed by atoms with Crippen molar-refractivity contribution < 1.29 is 18.0 Å². The van der Waals surface area contributed by atoms with Crippen molar-refractivity contribution >= 4 is 11.6 Å². The average molecular weight is 350 g/mol. The van der Waals surface area contributed by atoms with Gasteiger partial charge in [-0.2, -0.15) is 13.2 Å².